The molecule has 0 heterocycles. The molecule has 76 valence electrons. The second-order valence-corrected chi connectivity index (χ2v) is 3.96. The fraction of sp³-hybridized carbons (Fsp3) is 0.364. The summed E-state index contributed by atoms with van der Waals surface area (Å²) in [5.41, 5.74) is 2.47. The van der Waals surface area contributed by atoms with Gasteiger partial charge in [0.15, 0.2) is 0 Å². The van der Waals surface area contributed by atoms with Crippen LogP contribution in [0.5, 0.6) is 0 Å². The van der Waals surface area contributed by atoms with Crippen LogP contribution in [-0.4, -0.2) is 16.8 Å². The first-order valence-electron chi connectivity index (χ1n) is 4.62. The molecule has 1 aromatic rings. The second kappa shape index (κ2) is 5.15. The summed E-state index contributed by atoms with van der Waals surface area (Å²) in [7, 11) is 1.77. The summed E-state index contributed by atoms with van der Waals surface area (Å²) < 4.78 is 0. The highest BCUT2D eigenvalue weighted by atomic mass is 79.9. The molecular weight excluding hydrogens is 242 g/mol. The van der Waals surface area contributed by atoms with Crippen LogP contribution in [0.4, 0.5) is 4.79 Å². The zero-order valence-electron chi connectivity index (χ0n) is 8.46. The van der Waals surface area contributed by atoms with Gasteiger partial charge in [-0.1, -0.05) is 31.2 Å². The first kappa shape index (κ1) is 11.2. The molecule has 0 saturated carbocycles. The lowest BCUT2D eigenvalue weighted by atomic mass is 10.1. The van der Waals surface area contributed by atoms with Crippen LogP contribution < -0.4 is 0 Å². The first-order chi connectivity index (χ1) is 6.63. The number of halogens is 1. The first-order valence-corrected chi connectivity index (χ1v) is 5.41. The van der Waals surface area contributed by atoms with Gasteiger partial charge in [-0.25, -0.2) is 0 Å². The quantitative estimate of drug-likeness (QED) is 0.600. The summed E-state index contributed by atoms with van der Waals surface area (Å²) in [4.78, 5) is 12.5. The highest BCUT2D eigenvalue weighted by Crippen LogP contribution is 2.08. The monoisotopic (exact) mass is 255 g/mol. The SMILES string of the molecule is CCc1ccc(CN(C)C(=O)Br)cc1. The maximum absolute atomic E-state index is 10.9. The van der Waals surface area contributed by atoms with Crippen LogP contribution in [0, 0.1) is 0 Å². The van der Waals surface area contributed by atoms with Crippen molar-refractivity contribution in [1.29, 1.82) is 0 Å². The van der Waals surface area contributed by atoms with Gasteiger partial charge in [-0.3, -0.25) is 4.79 Å². The van der Waals surface area contributed by atoms with E-state index in [2.05, 4.69) is 47.1 Å². The maximum Gasteiger partial charge on any atom is 0.289 e. The van der Waals surface area contributed by atoms with Gasteiger partial charge in [-0.2, -0.15) is 0 Å². The standard InChI is InChI=1S/C11H14BrNO/c1-3-9-4-6-10(7-5-9)8-13(2)11(12)14/h4-7H,3,8H2,1-2H3. The number of nitrogens with zero attached hydrogens (tertiary/aromatic N) is 1. The third kappa shape index (κ3) is 3.14. The summed E-state index contributed by atoms with van der Waals surface area (Å²) in [5, 5.41) is 0. The molecule has 1 aromatic carbocycles. The Kier molecular flexibility index (Phi) is 4.14. The Hall–Kier alpha value is -0.830. The summed E-state index contributed by atoms with van der Waals surface area (Å²) in [5.74, 6) is 0. The van der Waals surface area contributed by atoms with E-state index < -0.39 is 0 Å². The van der Waals surface area contributed by atoms with Gasteiger partial charge in [-0.05, 0) is 17.5 Å². The average Bonchev–Trinajstić information content (AvgIpc) is 2.19. The van der Waals surface area contributed by atoms with Crippen LogP contribution in [0.25, 0.3) is 0 Å². The number of hydrogen-bond acceptors (Lipinski definition) is 1. The number of benzene rings is 1. The molecule has 1 amide bonds. The molecule has 0 unspecified atom stereocenters. The van der Waals surface area contributed by atoms with Crippen molar-refractivity contribution in [2.45, 2.75) is 19.9 Å². The lowest BCUT2D eigenvalue weighted by molar-refractivity contribution is 0.233. The maximum atomic E-state index is 10.9. The van der Waals surface area contributed by atoms with E-state index in [9.17, 15) is 4.79 Å². The predicted molar refractivity (Wildman–Crippen MR) is 61.6 cm³/mol. The minimum Gasteiger partial charge on any atom is -0.332 e. The molecule has 0 N–H and O–H groups in total. The van der Waals surface area contributed by atoms with E-state index >= 15 is 0 Å². The van der Waals surface area contributed by atoms with E-state index in [1.807, 2.05) is 0 Å². The molecule has 14 heavy (non-hydrogen) atoms. The number of aryl methyl sites for hydroxylation is 1. The molecule has 0 atom stereocenters. The van der Waals surface area contributed by atoms with Gasteiger partial charge in [0.2, 0.25) is 0 Å². The second-order valence-electron chi connectivity index (χ2n) is 3.28. The topological polar surface area (TPSA) is 20.3 Å². The largest absolute Gasteiger partial charge is 0.332 e. The third-order valence-corrected chi connectivity index (χ3v) is 2.76. The van der Waals surface area contributed by atoms with Gasteiger partial charge < -0.3 is 4.90 Å². The van der Waals surface area contributed by atoms with Crippen molar-refractivity contribution < 1.29 is 4.79 Å². The molecule has 0 aliphatic carbocycles. The van der Waals surface area contributed by atoms with Crippen LogP contribution >= 0.6 is 15.9 Å². The van der Waals surface area contributed by atoms with Gasteiger partial charge in [0.05, 0.1) is 0 Å². The Bertz CT molecular complexity index is 308. The van der Waals surface area contributed by atoms with E-state index in [0.29, 0.717) is 6.54 Å². The number of amides is 1. The van der Waals surface area contributed by atoms with Crippen LogP contribution in [0.2, 0.25) is 0 Å². The van der Waals surface area contributed by atoms with Crippen molar-refractivity contribution in [2.75, 3.05) is 7.05 Å². The lowest BCUT2D eigenvalue weighted by Gasteiger charge is -2.13. The average molecular weight is 256 g/mol. The lowest BCUT2D eigenvalue weighted by Crippen LogP contribution is -2.19. The Labute approximate surface area is 93.0 Å². The Balaban J connectivity index is 2.64. The van der Waals surface area contributed by atoms with Crippen molar-refractivity contribution in [3.05, 3.63) is 35.4 Å². The highest BCUT2D eigenvalue weighted by Gasteiger charge is 2.04. The van der Waals surface area contributed by atoms with Gasteiger partial charge in [0.1, 0.15) is 0 Å². The molecular formula is C11H14BrNO. The number of hydrogen-bond donors (Lipinski definition) is 0. The fourth-order valence-electron chi connectivity index (χ4n) is 1.22. The zero-order chi connectivity index (χ0) is 10.6. The normalized spacial score (nSPS) is 9.93. The molecule has 0 fully saturated rings. The Morgan fingerprint density at radius 3 is 2.21 bits per heavy atom. The number of carbonyl (C=O) groups is 1. The molecule has 0 aliphatic heterocycles. The Morgan fingerprint density at radius 1 is 1.29 bits per heavy atom. The molecule has 0 saturated heterocycles. The van der Waals surface area contributed by atoms with Crippen molar-refractivity contribution in [1.82, 2.24) is 4.90 Å². The minimum absolute atomic E-state index is 0.0860. The van der Waals surface area contributed by atoms with Gasteiger partial charge in [0, 0.05) is 29.5 Å². The van der Waals surface area contributed by atoms with Crippen LogP contribution in [-0.2, 0) is 13.0 Å². The zero-order valence-corrected chi connectivity index (χ0v) is 10.0. The fourth-order valence-corrected chi connectivity index (χ4v) is 1.34. The van der Waals surface area contributed by atoms with Gasteiger partial charge in [-0.15, -0.1) is 0 Å². The van der Waals surface area contributed by atoms with E-state index in [4.69, 9.17) is 0 Å². The summed E-state index contributed by atoms with van der Waals surface area (Å²) >= 11 is 2.91. The molecule has 0 aromatic heterocycles. The molecule has 0 spiro atoms. The third-order valence-electron chi connectivity index (χ3n) is 2.15. The summed E-state index contributed by atoms with van der Waals surface area (Å²) in [6.45, 7) is 2.78. The number of rotatable bonds is 3. The molecule has 1 rings (SSSR count). The van der Waals surface area contributed by atoms with Crippen molar-refractivity contribution in [3.8, 4) is 0 Å². The van der Waals surface area contributed by atoms with Crippen molar-refractivity contribution in [3.63, 3.8) is 0 Å². The van der Waals surface area contributed by atoms with Crippen molar-refractivity contribution in [2.24, 2.45) is 0 Å². The molecule has 0 radical (unpaired) electrons. The van der Waals surface area contributed by atoms with Gasteiger partial charge in [0.25, 0.3) is 4.82 Å². The van der Waals surface area contributed by atoms with Crippen molar-refractivity contribution >= 4 is 20.7 Å². The summed E-state index contributed by atoms with van der Waals surface area (Å²) in [6, 6.07) is 8.32. The predicted octanol–water partition coefficient (Wildman–Crippen LogP) is 3.20. The molecule has 0 aliphatic rings. The van der Waals surface area contributed by atoms with Crippen LogP contribution in [0.3, 0.4) is 0 Å². The Morgan fingerprint density at radius 2 is 1.79 bits per heavy atom. The van der Waals surface area contributed by atoms with Gasteiger partial charge >= 0.3 is 0 Å². The van der Waals surface area contributed by atoms with E-state index in [-0.39, 0.29) is 4.82 Å². The molecule has 3 heteroatoms. The van der Waals surface area contributed by atoms with E-state index in [0.717, 1.165) is 12.0 Å². The molecule has 2 nitrogen and oxygen atoms in total. The number of carbonyl (C=O) groups excluding carboxylic acids is 1. The molecule has 0 bridgehead atoms. The van der Waals surface area contributed by atoms with E-state index in [1.165, 1.54) is 5.56 Å². The van der Waals surface area contributed by atoms with Crippen LogP contribution in [0.1, 0.15) is 18.1 Å². The minimum atomic E-state index is -0.0860. The highest BCUT2D eigenvalue weighted by molar-refractivity contribution is 9.18. The van der Waals surface area contributed by atoms with E-state index in [1.54, 1.807) is 11.9 Å². The summed E-state index contributed by atoms with van der Waals surface area (Å²) in [6.07, 6.45) is 1.05. The van der Waals surface area contributed by atoms with Crippen LogP contribution in [0.15, 0.2) is 24.3 Å². The smallest absolute Gasteiger partial charge is 0.289 e.